The molecule has 0 spiro atoms. The zero-order valence-electron chi connectivity index (χ0n) is 10.2. The second-order valence-corrected chi connectivity index (χ2v) is 4.30. The first-order valence-corrected chi connectivity index (χ1v) is 5.72. The summed E-state index contributed by atoms with van der Waals surface area (Å²) < 4.78 is 4.50. The van der Waals surface area contributed by atoms with E-state index in [0.29, 0.717) is 19.4 Å². The summed E-state index contributed by atoms with van der Waals surface area (Å²) >= 11 is 0. The normalized spacial score (nSPS) is 17.1. The number of nitrogens with two attached hydrogens (primary N) is 1. The summed E-state index contributed by atoms with van der Waals surface area (Å²) in [4.78, 5) is 22.5. The van der Waals surface area contributed by atoms with Crippen LogP contribution in [0.4, 0.5) is 0 Å². The van der Waals surface area contributed by atoms with E-state index in [1.54, 1.807) is 0 Å². The van der Waals surface area contributed by atoms with E-state index in [2.05, 4.69) is 10.1 Å². The fourth-order valence-corrected chi connectivity index (χ4v) is 1.95. The number of halogens is 1. The van der Waals surface area contributed by atoms with Gasteiger partial charge in [-0.2, -0.15) is 0 Å². The molecule has 1 aliphatic carbocycles. The second kappa shape index (κ2) is 7.50. The number of esters is 1. The summed E-state index contributed by atoms with van der Waals surface area (Å²) in [5.74, 6) is -0.340. The number of hydrogen-bond donors (Lipinski definition) is 2. The van der Waals surface area contributed by atoms with E-state index in [-0.39, 0.29) is 24.3 Å². The molecule has 0 aromatic rings. The Hall–Kier alpha value is -0.810. The van der Waals surface area contributed by atoms with Crippen molar-refractivity contribution in [3.63, 3.8) is 0 Å². The van der Waals surface area contributed by atoms with Crippen LogP contribution in [0.2, 0.25) is 0 Å². The monoisotopic (exact) mass is 264 g/mol. The quantitative estimate of drug-likeness (QED) is 0.567. The molecule has 100 valence electrons. The Morgan fingerprint density at radius 3 is 2.47 bits per heavy atom. The molecule has 1 fully saturated rings. The van der Waals surface area contributed by atoms with Crippen molar-refractivity contribution in [2.45, 2.75) is 44.1 Å². The Morgan fingerprint density at radius 2 is 1.94 bits per heavy atom. The van der Waals surface area contributed by atoms with Gasteiger partial charge in [0.05, 0.1) is 12.6 Å². The third-order valence-electron chi connectivity index (χ3n) is 3.02. The second-order valence-electron chi connectivity index (χ2n) is 4.30. The fourth-order valence-electron chi connectivity index (χ4n) is 1.95. The van der Waals surface area contributed by atoms with Crippen molar-refractivity contribution < 1.29 is 14.3 Å². The van der Waals surface area contributed by atoms with E-state index < -0.39 is 5.54 Å². The van der Waals surface area contributed by atoms with Gasteiger partial charge in [0.25, 0.3) is 0 Å². The van der Waals surface area contributed by atoms with Crippen molar-refractivity contribution in [3.05, 3.63) is 0 Å². The average molecular weight is 265 g/mol. The molecule has 1 aliphatic rings. The Morgan fingerprint density at radius 1 is 1.35 bits per heavy atom. The van der Waals surface area contributed by atoms with Crippen molar-refractivity contribution in [1.29, 1.82) is 0 Å². The molecule has 0 atom stereocenters. The summed E-state index contributed by atoms with van der Waals surface area (Å²) in [7, 11) is 1.36. The van der Waals surface area contributed by atoms with Crippen LogP contribution in [0.1, 0.15) is 38.5 Å². The maximum atomic E-state index is 11.7. The van der Waals surface area contributed by atoms with E-state index >= 15 is 0 Å². The van der Waals surface area contributed by atoms with Crippen molar-refractivity contribution >= 4 is 24.3 Å². The van der Waals surface area contributed by atoms with Gasteiger partial charge in [0, 0.05) is 13.0 Å². The highest BCUT2D eigenvalue weighted by Crippen LogP contribution is 2.27. The van der Waals surface area contributed by atoms with Crippen LogP contribution in [0.15, 0.2) is 0 Å². The van der Waals surface area contributed by atoms with Crippen LogP contribution < -0.4 is 11.1 Å². The van der Waals surface area contributed by atoms with Gasteiger partial charge >= 0.3 is 5.97 Å². The standard InChI is InChI=1S/C11H20N2O3.ClH/c1-16-9(14)5-4-8-13-10(15)11(12)6-2-3-7-11;/h2-8,12H2,1H3,(H,13,15);1H. The zero-order valence-corrected chi connectivity index (χ0v) is 11.0. The van der Waals surface area contributed by atoms with Crippen LogP contribution in [0.5, 0.6) is 0 Å². The maximum Gasteiger partial charge on any atom is 0.305 e. The van der Waals surface area contributed by atoms with Gasteiger partial charge in [-0.25, -0.2) is 0 Å². The molecule has 6 heteroatoms. The van der Waals surface area contributed by atoms with E-state index in [0.717, 1.165) is 25.7 Å². The van der Waals surface area contributed by atoms with Crippen LogP contribution in [-0.2, 0) is 14.3 Å². The molecule has 0 saturated heterocycles. The molecule has 0 aromatic heterocycles. The Kier molecular flexibility index (Phi) is 7.15. The summed E-state index contributed by atoms with van der Waals surface area (Å²) in [5.41, 5.74) is 5.29. The maximum absolute atomic E-state index is 11.7. The predicted molar refractivity (Wildman–Crippen MR) is 66.9 cm³/mol. The van der Waals surface area contributed by atoms with Gasteiger partial charge in [0.15, 0.2) is 0 Å². The number of carbonyl (C=O) groups is 2. The van der Waals surface area contributed by atoms with Gasteiger partial charge < -0.3 is 15.8 Å². The first-order chi connectivity index (χ1) is 7.58. The first-order valence-electron chi connectivity index (χ1n) is 5.72. The van der Waals surface area contributed by atoms with Crippen LogP contribution in [0.25, 0.3) is 0 Å². The minimum Gasteiger partial charge on any atom is -0.469 e. The molecule has 0 heterocycles. The lowest BCUT2D eigenvalue weighted by Crippen LogP contribution is -2.52. The Bertz CT molecular complexity index is 265. The van der Waals surface area contributed by atoms with Crippen LogP contribution in [0, 0.1) is 0 Å². The van der Waals surface area contributed by atoms with Gasteiger partial charge in [-0.05, 0) is 19.3 Å². The number of carbonyl (C=O) groups excluding carboxylic acids is 2. The van der Waals surface area contributed by atoms with Gasteiger partial charge in [-0.3, -0.25) is 9.59 Å². The van der Waals surface area contributed by atoms with Crippen LogP contribution in [-0.4, -0.2) is 31.1 Å². The highest BCUT2D eigenvalue weighted by Gasteiger charge is 2.36. The lowest BCUT2D eigenvalue weighted by Gasteiger charge is -2.22. The van der Waals surface area contributed by atoms with Crippen molar-refractivity contribution in [1.82, 2.24) is 5.32 Å². The zero-order chi connectivity index (χ0) is 12.0. The SMILES string of the molecule is COC(=O)CCCNC(=O)C1(N)CCCC1.Cl. The highest BCUT2D eigenvalue weighted by molar-refractivity contribution is 5.86. The van der Waals surface area contributed by atoms with Crippen LogP contribution >= 0.6 is 12.4 Å². The molecule has 0 radical (unpaired) electrons. The first kappa shape index (κ1) is 16.2. The minimum absolute atomic E-state index is 0. The van der Waals surface area contributed by atoms with E-state index in [1.165, 1.54) is 7.11 Å². The van der Waals surface area contributed by atoms with Crippen molar-refractivity contribution in [2.75, 3.05) is 13.7 Å². The topological polar surface area (TPSA) is 81.4 Å². The lowest BCUT2D eigenvalue weighted by atomic mass is 9.98. The molecule has 1 amide bonds. The molecule has 3 N–H and O–H groups in total. The average Bonchev–Trinajstić information content (AvgIpc) is 2.72. The van der Waals surface area contributed by atoms with Gasteiger partial charge in [-0.15, -0.1) is 12.4 Å². The summed E-state index contributed by atoms with van der Waals surface area (Å²) in [6, 6.07) is 0. The molecule has 0 bridgehead atoms. The number of ether oxygens (including phenoxy) is 1. The predicted octanol–water partition coefficient (Wildman–Crippen LogP) is 0.749. The minimum atomic E-state index is -0.675. The Balaban J connectivity index is 0.00000256. The molecular weight excluding hydrogens is 244 g/mol. The summed E-state index contributed by atoms with van der Waals surface area (Å²) in [6.45, 7) is 0.479. The van der Waals surface area contributed by atoms with E-state index in [1.807, 2.05) is 0 Å². The molecule has 1 rings (SSSR count). The van der Waals surface area contributed by atoms with Gasteiger partial charge in [-0.1, -0.05) is 12.8 Å². The third-order valence-corrected chi connectivity index (χ3v) is 3.02. The molecule has 0 unspecified atom stereocenters. The van der Waals surface area contributed by atoms with Crippen molar-refractivity contribution in [2.24, 2.45) is 5.73 Å². The summed E-state index contributed by atoms with van der Waals surface area (Å²) in [6.07, 6.45) is 4.48. The van der Waals surface area contributed by atoms with E-state index in [4.69, 9.17) is 5.73 Å². The summed E-state index contributed by atoms with van der Waals surface area (Å²) in [5, 5.41) is 2.77. The smallest absolute Gasteiger partial charge is 0.305 e. The van der Waals surface area contributed by atoms with E-state index in [9.17, 15) is 9.59 Å². The van der Waals surface area contributed by atoms with Gasteiger partial charge in [0.2, 0.25) is 5.91 Å². The Labute approximate surface area is 108 Å². The fraction of sp³-hybridized carbons (Fsp3) is 0.818. The lowest BCUT2D eigenvalue weighted by molar-refractivity contribution is -0.140. The number of nitrogens with one attached hydrogen (secondary N) is 1. The number of amides is 1. The van der Waals surface area contributed by atoms with Crippen molar-refractivity contribution in [3.8, 4) is 0 Å². The number of methoxy groups -OCH3 is 1. The molecule has 1 saturated carbocycles. The largest absolute Gasteiger partial charge is 0.469 e. The highest BCUT2D eigenvalue weighted by atomic mass is 35.5. The number of rotatable bonds is 5. The molecule has 5 nitrogen and oxygen atoms in total. The molecule has 0 aliphatic heterocycles. The molecule has 17 heavy (non-hydrogen) atoms. The third kappa shape index (κ3) is 4.91. The molecule has 0 aromatic carbocycles. The van der Waals surface area contributed by atoms with Gasteiger partial charge in [0.1, 0.15) is 0 Å². The molecular formula is C11H21ClN2O3. The number of hydrogen-bond acceptors (Lipinski definition) is 4. The van der Waals surface area contributed by atoms with Crippen LogP contribution in [0.3, 0.4) is 0 Å².